The highest BCUT2D eigenvalue weighted by Gasteiger charge is 2.40. The van der Waals surface area contributed by atoms with Gasteiger partial charge in [0.05, 0.1) is 25.6 Å². The fourth-order valence-corrected chi connectivity index (χ4v) is 8.75. The van der Waals surface area contributed by atoms with Crippen molar-refractivity contribution in [3.05, 3.63) is 144 Å². The number of benzene rings is 4. The van der Waals surface area contributed by atoms with Gasteiger partial charge in [0.1, 0.15) is 30.3 Å². The van der Waals surface area contributed by atoms with E-state index in [1.807, 2.05) is 62.6 Å². The molecule has 2 saturated heterocycles. The Morgan fingerprint density at radius 2 is 0.968 bits per heavy atom. The monoisotopic (exact) mass is 854 g/mol. The van der Waals surface area contributed by atoms with Crippen LogP contribution in [-0.2, 0) is 25.0 Å². The van der Waals surface area contributed by atoms with E-state index in [9.17, 15) is 4.79 Å². The highest BCUT2D eigenvalue weighted by Crippen LogP contribution is 2.44. The summed E-state index contributed by atoms with van der Waals surface area (Å²) in [7, 11) is 3.35. The summed E-state index contributed by atoms with van der Waals surface area (Å²) in [4.78, 5) is 14.5. The van der Waals surface area contributed by atoms with E-state index in [4.69, 9.17) is 23.7 Å². The lowest BCUT2D eigenvalue weighted by molar-refractivity contribution is 0.0180. The standard InChI is InChI=1S/C28H35N3O4.C23H27N3O2/c1-27(2,3)35-26(32)31-15-13-28(14-16-31,24-9-11-25(12-10-24)34-18-17-33-4)23-7-5-21(6-8-23)22-19-29-30-20-22;1-27-14-15-28-22-8-6-21(7-9-22)23(10-12-24-13-11-23)20-4-2-18(3-5-20)19-16-25-26-17-19/h5-12,19-20H,13-18H2,1-4H3,(H,29,30);2-9,16-17,24H,10-15H2,1H3,(H,25,26). The van der Waals surface area contributed by atoms with Crippen molar-refractivity contribution in [3.8, 4) is 33.8 Å². The molecule has 2 aromatic heterocycles. The third kappa shape index (κ3) is 11.2. The van der Waals surface area contributed by atoms with E-state index in [2.05, 4.69) is 111 Å². The van der Waals surface area contributed by atoms with Crippen LogP contribution < -0.4 is 14.8 Å². The average Bonchev–Trinajstić information content (AvgIpc) is 4.07. The van der Waals surface area contributed by atoms with Crippen molar-refractivity contribution in [2.24, 2.45) is 0 Å². The van der Waals surface area contributed by atoms with Crippen LogP contribution in [0.4, 0.5) is 4.79 Å². The summed E-state index contributed by atoms with van der Waals surface area (Å²) in [5, 5.41) is 17.4. The molecule has 6 aromatic rings. The zero-order chi connectivity index (χ0) is 44.1. The van der Waals surface area contributed by atoms with Gasteiger partial charge in [0, 0.05) is 61.7 Å². The topological polar surface area (TPSA) is 136 Å². The van der Waals surface area contributed by atoms with Gasteiger partial charge in [0.2, 0.25) is 0 Å². The summed E-state index contributed by atoms with van der Waals surface area (Å²) in [5.74, 6) is 1.71. The van der Waals surface area contributed by atoms with E-state index >= 15 is 0 Å². The lowest BCUT2D eigenvalue weighted by Gasteiger charge is -2.43. The molecule has 0 unspecified atom stereocenters. The minimum atomic E-state index is -0.507. The van der Waals surface area contributed by atoms with Crippen LogP contribution in [-0.4, -0.2) is 104 Å². The van der Waals surface area contributed by atoms with Crippen LogP contribution in [0.5, 0.6) is 11.5 Å². The number of piperidine rings is 2. The summed E-state index contributed by atoms with van der Waals surface area (Å²) in [6.07, 6.45) is 11.0. The lowest BCUT2D eigenvalue weighted by atomic mass is 9.68. The number of nitrogens with zero attached hydrogens (tertiary/aromatic N) is 3. The Bertz CT molecular complexity index is 2260. The van der Waals surface area contributed by atoms with Gasteiger partial charge in [-0.05, 0) is 117 Å². The molecule has 8 rings (SSSR count). The summed E-state index contributed by atoms with van der Waals surface area (Å²) >= 11 is 0. The first-order valence-electron chi connectivity index (χ1n) is 22.0. The third-order valence-corrected chi connectivity index (χ3v) is 12.2. The Morgan fingerprint density at radius 1 is 0.571 bits per heavy atom. The van der Waals surface area contributed by atoms with Crippen LogP contribution >= 0.6 is 0 Å². The van der Waals surface area contributed by atoms with Crippen molar-refractivity contribution >= 4 is 6.09 Å². The Kier molecular flexibility index (Phi) is 15.0. The molecule has 4 aromatic carbocycles. The summed E-state index contributed by atoms with van der Waals surface area (Å²) in [5.41, 5.74) is 8.97. The summed E-state index contributed by atoms with van der Waals surface area (Å²) in [6, 6.07) is 34.6. The molecule has 3 N–H and O–H groups in total. The smallest absolute Gasteiger partial charge is 0.410 e. The van der Waals surface area contributed by atoms with E-state index < -0.39 is 5.60 Å². The second-order valence-corrected chi connectivity index (χ2v) is 17.2. The number of likely N-dealkylation sites (tertiary alicyclic amines) is 1. The van der Waals surface area contributed by atoms with E-state index in [1.54, 1.807) is 14.2 Å². The Balaban J connectivity index is 0.000000193. The molecule has 0 spiro atoms. The quantitative estimate of drug-likeness (QED) is 0.0917. The van der Waals surface area contributed by atoms with Gasteiger partial charge in [-0.3, -0.25) is 10.2 Å². The summed E-state index contributed by atoms with van der Waals surface area (Å²) in [6.45, 7) is 11.2. The predicted molar refractivity (Wildman–Crippen MR) is 246 cm³/mol. The number of aromatic nitrogens is 4. The Morgan fingerprint density at radius 3 is 1.33 bits per heavy atom. The van der Waals surface area contributed by atoms with Crippen molar-refractivity contribution in [1.82, 2.24) is 30.6 Å². The largest absolute Gasteiger partial charge is 0.491 e. The first-order valence-corrected chi connectivity index (χ1v) is 22.0. The normalized spacial score (nSPS) is 15.8. The van der Waals surface area contributed by atoms with Crippen molar-refractivity contribution in [2.45, 2.75) is 62.9 Å². The van der Waals surface area contributed by atoms with Gasteiger partial charge in [0.25, 0.3) is 0 Å². The molecule has 4 heterocycles. The molecule has 1 amide bonds. The minimum Gasteiger partial charge on any atom is -0.491 e. The molecule has 2 fully saturated rings. The van der Waals surface area contributed by atoms with E-state index in [0.717, 1.165) is 67.0 Å². The molecule has 2 aliphatic rings. The number of carbonyl (C=O) groups excluding carboxylic acids is 1. The maximum atomic E-state index is 12.7. The van der Waals surface area contributed by atoms with Crippen LogP contribution in [0.2, 0.25) is 0 Å². The molecule has 0 aliphatic carbocycles. The molecular formula is C51H62N6O6. The lowest BCUT2D eigenvalue weighted by Crippen LogP contribution is -2.47. The van der Waals surface area contributed by atoms with E-state index in [1.165, 1.54) is 27.8 Å². The van der Waals surface area contributed by atoms with Crippen molar-refractivity contribution in [2.75, 3.05) is 66.8 Å². The summed E-state index contributed by atoms with van der Waals surface area (Å²) < 4.78 is 27.3. The highest BCUT2D eigenvalue weighted by molar-refractivity contribution is 5.69. The molecule has 63 heavy (non-hydrogen) atoms. The van der Waals surface area contributed by atoms with Gasteiger partial charge in [-0.15, -0.1) is 0 Å². The number of aromatic amines is 2. The van der Waals surface area contributed by atoms with Crippen LogP contribution in [0.3, 0.4) is 0 Å². The fraction of sp³-hybridized carbons (Fsp3) is 0.392. The van der Waals surface area contributed by atoms with Gasteiger partial charge in [-0.1, -0.05) is 72.8 Å². The van der Waals surface area contributed by atoms with Gasteiger partial charge in [-0.25, -0.2) is 4.79 Å². The second-order valence-electron chi connectivity index (χ2n) is 17.2. The number of H-pyrrole nitrogens is 2. The molecule has 2 aliphatic heterocycles. The first-order chi connectivity index (χ1) is 30.6. The molecule has 0 saturated carbocycles. The van der Waals surface area contributed by atoms with Gasteiger partial charge >= 0.3 is 6.09 Å². The van der Waals surface area contributed by atoms with Crippen molar-refractivity contribution in [3.63, 3.8) is 0 Å². The van der Waals surface area contributed by atoms with Crippen LogP contribution in [0.25, 0.3) is 22.3 Å². The van der Waals surface area contributed by atoms with Crippen LogP contribution in [0, 0.1) is 0 Å². The SMILES string of the molecule is COCCOc1ccc(C2(c3ccc(-c4cn[nH]c4)cc3)CCN(C(=O)OC(C)(C)C)CC2)cc1.COCCOc1ccc(C2(c3ccc(-c4cn[nH]c4)cc3)CCNCC2)cc1. The van der Waals surface area contributed by atoms with E-state index in [0.29, 0.717) is 39.5 Å². The minimum absolute atomic E-state index is 0.0330. The first kappa shape index (κ1) is 45.1. The Labute approximate surface area is 371 Å². The number of rotatable bonds is 14. The molecule has 332 valence electrons. The van der Waals surface area contributed by atoms with Crippen molar-refractivity contribution < 1.29 is 28.5 Å². The fourth-order valence-electron chi connectivity index (χ4n) is 8.75. The van der Waals surface area contributed by atoms with Crippen LogP contribution in [0.15, 0.2) is 122 Å². The van der Waals surface area contributed by atoms with Gasteiger partial charge in [0.15, 0.2) is 0 Å². The Hall–Kier alpha value is -5.95. The highest BCUT2D eigenvalue weighted by atomic mass is 16.6. The molecule has 0 radical (unpaired) electrons. The second kappa shape index (κ2) is 20.9. The number of amides is 1. The molecule has 12 heteroatoms. The number of hydrogen-bond donors (Lipinski definition) is 3. The zero-order valence-electron chi connectivity index (χ0n) is 37.3. The molecular weight excluding hydrogens is 793 g/mol. The molecule has 0 bridgehead atoms. The zero-order valence-corrected chi connectivity index (χ0v) is 37.3. The van der Waals surface area contributed by atoms with Gasteiger partial charge < -0.3 is 33.9 Å². The van der Waals surface area contributed by atoms with Gasteiger partial charge in [-0.2, -0.15) is 10.2 Å². The number of ether oxygens (including phenoxy) is 5. The maximum Gasteiger partial charge on any atom is 0.410 e. The number of nitrogens with one attached hydrogen (secondary N) is 3. The molecule has 0 atom stereocenters. The number of hydrogen-bond acceptors (Lipinski definition) is 9. The number of methoxy groups -OCH3 is 2. The molecule has 12 nitrogen and oxygen atoms in total. The predicted octanol–water partition coefficient (Wildman–Crippen LogP) is 9.19. The number of carbonyl (C=O) groups is 1. The average molecular weight is 855 g/mol. The van der Waals surface area contributed by atoms with E-state index in [-0.39, 0.29) is 16.9 Å². The van der Waals surface area contributed by atoms with Crippen LogP contribution in [0.1, 0.15) is 68.7 Å². The third-order valence-electron chi connectivity index (χ3n) is 12.2. The van der Waals surface area contributed by atoms with Crippen molar-refractivity contribution in [1.29, 1.82) is 0 Å². The maximum absolute atomic E-state index is 12.7.